The zero-order chi connectivity index (χ0) is 12.4. The second-order valence-corrected chi connectivity index (χ2v) is 3.77. The number of halogens is 2. The molecule has 17 heavy (non-hydrogen) atoms. The maximum Gasteiger partial charge on any atom is 0.135 e. The Kier molecular flexibility index (Phi) is 3.19. The summed E-state index contributed by atoms with van der Waals surface area (Å²) < 4.78 is 28.2. The monoisotopic (exact) mass is 237 g/mol. The minimum Gasteiger partial charge on any atom is -0.330 e. The first-order valence-corrected chi connectivity index (χ1v) is 5.24. The summed E-state index contributed by atoms with van der Waals surface area (Å²) >= 11 is 0. The van der Waals surface area contributed by atoms with Gasteiger partial charge in [-0.1, -0.05) is 0 Å². The van der Waals surface area contributed by atoms with Crippen molar-refractivity contribution in [2.45, 2.75) is 6.54 Å². The van der Waals surface area contributed by atoms with Gasteiger partial charge in [0.25, 0.3) is 0 Å². The van der Waals surface area contributed by atoms with E-state index in [1.807, 2.05) is 7.05 Å². The topological polar surface area (TPSA) is 29.9 Å². The van der Waals surface area contributed by atoms with Gasteiger partial charge in [0.1, 0.15) is 17.5 Å². The van der Waals surface area contributed by atoms with Crippen LogP contribution in [0.4, 0.5) is 8.78 Å². The summed E-state index contributed by atoms with van der Waals surface area (Å²) in [6.07, 6.45) is 1.59. The van der Waals surface area contributed by atoms with Crippen molar-refractivity contribution in [3.05, 3.63) is 41.9 Å². The van der Waals surface area contributed by atoms with Crippen LogP contribution in [0.25, 0.3) is 11.3 Å². The van der Waals surface area contributed by atoms with Gasteiger partial charge in [0.15, 0.2) is 0 Å². The summed E-state index contributed by atoms with van der Waals surface area (Å²) in [5.41, 5.74) is 0.983. The Morgan fingerprint density at radius 2 is 2.12 bits per heavy atom. The molecule has 3 nitrogen and oxygen atoms in total. The molecule has 0 atom stereocenters. The predicted octanol–water partition coefficient (Wildman–Crippen LogP) is 2.08. The second-order valence-electron chi connectivity index (χ2n) is 3.77. The standard InChI is InChI=1S/C12H13F2N3/c1-15-7-12-16-6-11(17(12)2)9-4-3-8(13)5-10(9)14/h3-6,15H,7H2,1-2H3. The van der Waals surface area contributed by atoms with Crippen LogP contribution in [0, 0.1) is 11.6 Å². The van der Waals surface area contributed by atoms with Crippen LogP contribution in [0.3, 0.4) is 0 Å². The molecule has 0 aliphatic carbocycles. The van der Waals surface area contributed by atoms with Crippen molar-refractivity contribution >= 4 is 0 Å². The third-order valence-electron chi connectivity index (χ3n) is 2.63. The van der Waals surface area contributed by atoms with E-state index in [1.165, 1.54) is 12.1 Å². The second kappa shape index (κ2) is 4.63. The first-order valence-electron chi connectivity index (χ1n) is 5.24. The van der Waals surface area contributed by atoms with E-state index in [0.717, 1.165) is 11.9 Å². The van der Waals surface area contributed by atoms with Gasteiger partial charge >= 0.3 is 0 Å². The smallest absolute Gasteiger partial charge is 0.135 e. The quantitative estimate of drug-likeness (QED) is 0.885. The first kappa shape index (κ1) is 11.7. The summed E-state index contributed by atoms with van der Waals surface area (Å²) in [4.78, 5) is 4.19. The van der Waals surface area contributed by atoms with Crippen LogP contribution < -0.4 is 5.32 Å². The molecule has 0 saturated carbocycles. The Balaban J connectivity index is 2.46. The van der Waals surface area contributed by atoms with Crippen molar-refractivity contribution in [1.29, 1.82) is 0 Å². The van der Waals surface area contributed by atoms with Gasteiger partial charge in [-0.2, -0.15) is 0 Å². The van der Waals surface area contributed by atoms with Crippen LogP contribution in [0.5, 0.6) is 0 Å². The van der Waals surface area contributed by atoms with Crippen LogP contribution >= 0.6 is 0 Å². The molecular weight excluding hydrogens is 224 g/mol. The van der Waals surface area contributed by atoms with E-state index in [0.29, 0.717) is 17.8 Å². The molecule has 1 N–H and O–H groups in total. The van der Waals surface area contributed by atoms with Gasteiger partial charge < -0.3 is 9.88 Å². The Morgan fingerprint density at radius 1 is 1.35 bits per heavy atom. The summed E-state index contributed by atoms with van der Waals surface area (Å²) in [6, 6.07) is 3.54. The van der Waals surface area contributed by atoms with Gasteiger partial charge in [-0.05, 0) is 19.2 Å². The lowest BCUT2D eigenvalue weighted by atomic mass is 10.1. The van der Waals surface area contributed by atoms with Gasteiger partial charge in [0, 0.05) is 18.7 Å². The molecule has 90 valence electrons. The lowest BCUT2D eigenvalue weighted by molar-refractivity contribution is 0.584. The van der Waals surface area contributed by atoms with E-state index in [9.17, 15) is 8.78 Å². The van der Waals surface area contributed by atoms with E-state index < -0.39 is 11.6 Å². The summed E-state index contributed by atoms with van der Waals surface area (Å²) in [5, 5.41) is 2.98. The van der Waals surface area contributed by atoms with Gasteiger partial charge in [0.05, 0.1) is 18.4 Å². The number of nitrogens with one attached hydrogen (secondary N) is 1. The van der Waals surface area contributed by atoms with E-state index >= 15 is 0 Å². The molecule has 0 bridgehead atoms. The number of rotatable bonds is 3. The van der Waals surface area contributed by atoms with E-state index in [1.54, 1.807) is 17.8 Å². The molecular formula is C12H13F2N3. The lowest BCUT2D eigenvalue weighted by Gasteiger charge is -2.06. The third-order valence-corrected chi connectivity index (χ3v) is 2.63. The van der Waals surface area contributed by atoms with Crippen molar-refractivity contribution in [2.24, 2.45) is 7.05 Å². The highest BCUT2D eigenvalue weighted by Crippen LogP contribution is 2.23. The lowest BCUT2D eigenvalue weighted by Crippen LogP contribution is -2.10. The normalized spacial score (nSPS) is 10.8. The van der Waals surface area contributed by atoms with Crippen molar-refractivity contribution < 1.29 is 8.78 Å². The molecule has 2 rings (SSSR count). The zero-order valence-electron chi connectivity index (χ0n) is 9.67. The highest BCUT2D eigenvalue weighted by molar-refractivity contribution is 5.60. The zero-order valence-corrected chi connectivity index (χ0v) is 9.67. The Bertz CT molecular complexity index is 535. The average molecular weight is 237 g/mol. The number of nitrogens with zero attached hydrogens (tertiary/aromatic N) is 2. The van der Waals surface area contributed by atoms with Crippen molar-refractivity contribution in [2.75, 3.05) is 7.05 Å². The maximum atomic E-state index is 13.6. The molecule has 0 amide bonds. The van der Waals surface area contributed by atoms with Gasteiger partial charge in [0.2, 0.25) is 0 Å². The number of hydrogen-bond acceptors (Lipinski definition) is 2. The van der Waals surface area contributed by atoms with Crippen LogP contribution in [-0.2, 0) is 13.6 Å². The predicted molar refractivity (Wildman–Crippen MR) is 61.3 cm³/mol. The highest BCUT2D eigenvalue weighted by Gasteiger charge is 2.12. The van der Waals surface area contributed by atoms with Crippen molar-refractivity contribution in [3.8, 4) is 11.3 Å². The van der Waals surface area contributed by atoms with Crippen LogP contribution in [0.2, 0.25) is 0 Å². The molecule has 0 aliphatic rings. The molecule has 0 spiro atoms. The minimum atomic E-state index is -0.580. The number of aromatic nitrogens is 2. The average Bonchev–Trinajstić information content (AvgIpc) is 2.62. The number of imidazole rings is 1. The molecule has 1 heterocycles. The number of hydrogen-bond donors (Lipinski definition) is 1. The largest absolute Gasteiger partial charge is 0.330 e. The molecule has 2 aromatic rings. The molecule has 5 heteroatoms. The van der Waals surface area contributed by atoms with Gasteiger partial charge in [-0.3, -0.25) is 0 Å². The van der Waals surface area contributed by atoms with Gasteiger partial charge in [-0.25, -0.2) is 13.8 Å². The molecule has 0 aliphatic heterocycles. The first-order chi connectivity index (χ1) is 8.13. The SMILES string of the molecule is CNCc1ncc(-c2ccc(F)cc2F)n1C. The third kappa shape index (κ3) is 2.19. The molecule has 1 aromatic heterocycles. The highest BCUT2D eigenvalue weighted by atomic mass is 19.1. The summed E-state index contributed by atoms with van der Waals surface area (Å²) in [7, 11) is 3.62. The molecule has 0 radical (unpaired) electrons. The summed E-state index contributed by atoms with van der Waals surface area (Å²) in [6.45, 7) is 0.597. The fourth-order valence-electron chi connectivity index (χ4n) is 1.72. The Morgan fingerprint density at radius 3 is 2.76 bits per heavy atom. The molecule has 1 aromatic carbocycles. The van der Waals surface area contributed by atoms with Crippen molar-refractivity contribution in [3.63, 3.8) is 0 Å². The maximum absolute atomic E-state index is 13.6. The van der Waals surface area contributed by atoms with Crippen LogP contribution in [0.15, 0.2) is 24.4 Å². The fraction of sp³-hybridized carbons (Fsp3) is 0.250. The number of benzene rings is 1. The minimum absolute atomic E-state index is 0.351. The van der Waals surface area contributed by atoms with Crippen molar-refractivity contribution in [1.82, 2.24) is 14.9 Å². The Hall–Kier alpha value is -1.75. The fourth-order valence-corrected chi connectivity index (χ4v) is 1.72. The molecule has 0 fully saturated rings. The van der Waals surface area contributed by atoms with Crippen LogP contribution in [0.1, 0.15) is 5.82 Å². The molecule has 0 unspecified atom stereocenters. The van der Waals surface area contributed by atoms with E-state index in [-0.39, 0.29) is 0 Å². The van der Waals surface area contributed by atoms with E-state index in [4.69, 9.17) is 0 Å². The molecule has 0 saturated heterocycles. The summed E-state index contributed by atoms with van der Waals surface area (Å²) in [5.74, 6) is -0.362. The van der Waals surface area contributed by atoms with Gasteiger partial charge in [-0.15, -0.1) is 0 Å². The Labute approximate surface area is 98.1 Å². The van der Waals surface area contributed by atoms with E-state index in [2.05, 4.69) is 10.3 Å². The van der Waals surface area contributed by atoms with Crippen LogP contribution in [-0.4, -0.2) is 16.6 Å².